The molecule has 0 fully saturated rings. The number of rotatable bonds is 11. The molecule has 0 unspecified atom stereocenters. The van der Waals surface area contributed by atoms with E-state index in [1.807, 2.05) is 0 Å². The number of thiazole rings is 1. The van der Waals surface area contributed by atoms with Gasteiger partial charge >= 0.3 is 0 Å². The second kappa shape index (κ2) is 11.7. The quantitative estimate of drug-likeness (QED) is 0.306. The average Bonchev–Trinajstić information content (AvgIpc) is 3.25. The maximum Gasteiger partial charge on any atom is 0.280 e. The van der Waals surface area contributed by atoms with Crippen LogP contribution in [0.2, 0.25) is 0 Å². The number of hydrogen-bond donors (Lipinski definition) is 1. The lowest BCUT2D eigenvalue weighted by molar-refractivity contribution is -0.110. The molecule has 0 atom stereocenters. The van der Waals surface area contributed by atoms with Crippen LogP contribution in [0.25, 0.3) is 0 Å². The van der Waals surface area contributed by atoms with Gasteiger partial charge in [-0.2, -0.15) is 8.70 Å². The fourth-order valence-corrected chi connectivity index (χ4v) is 4.25. The molecule has 1 amide bonds. The fourth-order valence-electron chi connectivity index (χ4n) is 2.56. The van der Waals surface area contributed by atoms with E-state index in [1.165, 1.54) is 50.8 Å². The molecular formula is C20H21FN6O5S2. The summed E-state index contributed by atoms with van der Waals surface area (Å²) in [5.74, 6) is -0.385. The SMILES string of the molecule is COCCN(C)S(=O)(=O)c1ccc(C(=NOCc2ncccn2)C(=O)Nc2ncc(F)s2)cc1. The highest BCUT2D eigenvalue weighted by atomic mass is 32.2. The Morgan fingerprint density at radius 1 is 1.21 bits per heavy atom. The number of amides is 1. The molecule has 2 heterocycles. The maximum atomic E-state index is 13.3. The molecule has 180 valence electrons. The molecule has 0 saturated heterocycles. The van der Waals surface area contributed by atoms with Crippen molar-refractivity contribution in [2.75, 3.05) is 32.6 Å². The summed E-state index contributed by atoms with van der Waals surface area (Å²) in [4.78, 5) is 29.9. The molecule has 1 aromatic carbocycles. The van der Waals surface area contributed by atoms with Crippen LogP contribution in [-0.4, -0.2) is 66.6 Å². The lowest BCUT2D eigenvalue weighted by atomic mass is 10.1. The van der Waals surface area contributed by atoms with Crippen molar-refractivity contribution in [3.05, 3.63) is 65.4 Å². The third-order valence-corrected chi connectivity index (χ3v) is 6.90. The Morgan fingerprint density at radius 2 is 1.91 bits per heavy atom. The van der Waals surface area contributed by atoms with Crippen molar-refractivity contribution in [3.8, 4) is 0 Å². The number of nitrogens with zero attached hydrogens (tertiary/aromatic N) is 5. The average molecular weight is 509 g/mol. The first-order valence-corrected chi connectivity index (χ1v) is 12.0. The number of benzene rings is 1. The molecule has 34 heavy (non-hydrogen) atoms. The number of nitrogens with one attached hydrogen (secondary N) is 1. The minimum atomic E-state index is -3.76. The summed E-state index contributed by atoms with van der Waals surface area (Å²) in [7, 11) is -0.838. The molecule has 3 rings (SSSR count). The van der Waals surface area contributed by atoms with Crippen molar-refractivity contribution in [1.82, 2.24) is 19.3 Å². The summed E-state index contributed by atoms with van der Waals surface area (Å²) >= 11 is 0.644. The molecule has 0 aliphatic carbocycles. The van der Waals surface area contributed by atoms with Crippen molar-refractivity contribution in [1.29, 1.82) is 0 Å². The van der Waals surface area contributed by atoms with Crippen molar-refractivity contribution in [2.24, 2.45) is 5.16 Å². The van der Waals surface area contributed by atoms with Gasteiger partial charge in [0.1, 0.15) is 0 Å². The number of hydrogen-bond acceptors (Lipinski definition) is 10. The minimum absolute atomic E-state index is 0.0233. The van der Waals surface area contributed by atoms with E-state index in [-0.39, 0.29) is 41.1 Å². The van der Waals surface area contributed by atoms with Crippen LogP contribution in [0.5, 0.6) is 0 Å². The Kier molecular flexibility index (Phi) is 8.70. The van der Waals surface area contributed by atoms with Crippen LogP contribution in [0.4, 0.5) is 9.52 Å². The standard InChI is InChI=1S/C20H21FN6O5S2/c1-27(10-11-31-2)34(29,30)15-6-4-14(5-7-15)18(19(28)25-20-24-12-16(21)33-20)26-32-13-17-22-8-3-9-23-17/h3-9,12H,10-11,13H2,1-2H3,(H,24,25,28). The van der Waals surface area contributed by atoms with Crippen molar-refractivity contribution >= 4 is 38.1 Å². The molecule has 2 aromatic heterocycles. The Morgan fingerprint density at radius 3 is 2.53 bits per heavy atom. The monoisotopic (exact) mass is 508 g/mol. The van der Waals surface area contributed by atoms with E-state index in [0.29, 0.717) is 17.2 Å². The molecule has 1 N–H and O–H groups in total. The first-order valence-electron chi connectivity index (χ1n) is 9.75. The molecule has 11 nitrogen and oxygen atoms in total. The largest absolute Gasteiger partial charge is 0.387 e. The van der Waals surface area contributed by atoms with E-state index in [4.69, 9.17) is 9.57 Å². The summed E-state index contributed by atoms with van der Waals surface area (Å²) in [6.45, 7) is 0.306. The van der Waals surface area contributed by atoms with Gasteiger partial charge in [-0.3, -0.25) is 10.1 Å². The molecule has 0 aliphatic heterocycles. The van der Waals surface area contributed by atoms with E-state index >= 15 is 0 Å². The Hall–Kier alpha value is -3.33. The second-order valence-electron chi connectivity index (χ2n) is 6.65. The molecule has 14 heteroatoms. The number of oxime groups is 1. The van der Waals surface area contributed by atoms with Crippen LogP contribution >= 0.6 is 11.3 Å². The van der Waals surface area contributed by atoms with Gasteiger partial charge in [0.05, 0.1) is 17.7 Å². The summed E-state index contributed by atoms with van der Waals surface area (Å²) in [6, 6.07) is 7.17. The third kappa shape index (κ3) is 6.60. The summed E-state index contributed by atoms with van der Waals surface area (Å²) in [5, 5.41) is 5.79. The van der Waals surface area contributed by atoms with E-state index in [1.54, 1.807) is 6.07 Å². The minimum Gasteiger partial charge on any atom is -0.387 e. The summed E-state index contributed by atoms with van der Waals surface area (Å²) < 4.78 is 44.8. The van der Waals surface area contributed by atoms with Crippen molar-refractivity contribution in [2.45, 2.75) is 11.5 Å². The zero-order valence-electron chi connectivity index (χ0n) is 18.2. The van der Waals surface area contributed by atoms with Crippen LogP contribution in [0.3, 0.4) is 0 Å². The zero-order valence-corrected chi connectivity index (χ0v) is 19.8. The molecule has 3 aromatic rings. The molecule has 0 aliphatic rings. The van der Waals surface area contributed by atoms with Gasteiger partial charge in [0, 0.05) is 38.7 Å². The van der Waals surface area contributed by atoms with Crippen LogP contribution in [-0.2, 0) is 31.0 Å². The van der Waals surface area contributed by atoms with Gasteiger partial charge in [-0.1, -0.05) is 28.6 Å². The van der Waals surface area contributed by atoms with Crippen LogP contribution in [0, 0.1) is 5.13 Å². The number of sulfonamides is 1. The lowest BCUT2D eigenvalue weighted by Crippen LogP contribution is -2.30. The van der Waals surface area contributed by atoms with E-state index in [9.17, 15) is 17.6 Å². The number of carbonyl (C=O) groups is 1. The highest BCUT2D eigenvalue weighted by Crippen LogP contribution is 2.18. The zero-order chi connectivity index (χ0) is 24.6. The number of carbonyl (C=O) groups excluding carboxylic acids is 1. The van der Waals surface area contributed by atoms with Gasteiger partial charge in [-0.25, -0.2) is 23.4 Å². The smallest absolute Gasteiger partial charge is 0.280 e. The van der Waals surface area contributed by atoms with Gasteiger partial charge in [-0.15, -0.1) is 0 Å². The number of halogens is 1. The third-order valence-electron chi connectivity index (χ3n) is 4.33. The predicted octanol–water partition coefficient (Wildman–Crippen LogP) is 1.90. The van der Waals surface area contributed by atoms with Gasteiger partial charge < -0.3 is 9.57 Å². The van der Waals surface area contributed by atoms with Crippen LogP contribution in [0.1, 0.15) is 11.4 Å². The predicted molar refractivity (Wildman–Crippen MR) is 122 cm³/mol. The highest BCUT2D eigenvalue weighted by Gasteiger charge is 2.22. The number of likely N-dealkylation sites (N-methyl/N-ethyl adjacent to an activating group) is 1. The van der Waals surface area contributed by atoms with Gasteiger partial charge in [0.15, 0.2) is 28.4 Å². The number of ether oxygens (including phenoxy) is 1. The molecular weight excluding hydrogens is 487 g/mol. The van der Waals surface area contributed by atoms with Crippen LogP contribution < -0.4 is 5.32 Å². The maximum absolute atomic E-state index is 13.3. The lowest BCUT2D eigenvalue weighted by Gasteiger charge is -2.17. The Bertz CT molecular complexity index is 1240. The van der Waals surface area contributed by atoms with Gasteiger partial charge in [0.25, 0.3) is 5.91 Å². The Labute approximate surface area is 199 Å². The summed E-state index contributed by atoms with van der Waals surface area (Å²) in [6.07, 6.45) is 4.03. The number of methoxy groups -OCH3 is 1. The molecule has 0 bridgehead atoms. The molecule has 0 saturated carbocycles. The highest BCUT2D eigenvalue weighted by molar-refractivity contribution is 7.89. The van der Waals surface area contributed by atoms with Crippen LogP contribution in [0.15, 0.2) is 59.0 Å². The topological polar surface area (TPSA) is 136 Å². The fraction of sp³-hybridized carbons (Fsp3) is 0.250. The molecule has 0 spiro atoms. The van der Waals surface area contributed by atoms with E-state index in [0.717, 1.165) is 10.5 Å². The number of anilines is 1. The van der Waals surface area contributed by atoms with E-state index < -0.39 is 21.1 Å². The van der Waals surface area contributed by atoms with Gasteiger partial charge in [0.2, 0.25) is 10.0 Å². The summed E-state index contributed by atoms with van der Waals surface area (Å²) in [5.41, 5.74) is 0.0882. The van der Waals surface area contributed by atoms with Crippen molar-refractivity contribution in [3.63, 3.8) is 0 Å². The van der Waals surface area contributed by atoms with Gasteiger partial charge in [-0.05, 0) is 18.2 Å². The first kappa shape index (κ1) is 25.3. The second-order valence-corrected chi connectivity index (χ2v) is 9.67. The first-order chi connectivity index (χ1) is 16.3. The normalized spacial score (nSPS) is 12.1. The van der Waals surface area contributed by atoms with E-state index in [2.05, 4.69) is 25.4 Å². The number of aromatic nitrogens is 3. The Balaban J connectivity index is 1.84. The van der Waals surface area contributed by atoms with Crippen molar-refractivity contribution < 1.29 is 27.2 Å². The molecule has 0 radical (unpaired) electrons.